The number of carboxylic acids is 1. The van der Waals surface area contributed by atoms with Gasteiger partial charge in [-0.05, 0) is 25.1 Å². The smallest absolute Gasteiger partial charge is 0.338 e. The molecule has 0 spiro atoms. The van der Waals surface area contributed by atoms with Crippen molar-refractivity contribution in [2.24, 2.45) is 0 Å². The highest BCUT2D eigenvalue weighted by Crippen LogP contribution is 2.21. The normalized spacial score (nSPS) is 10.9. The van der Waals surface area contributed by atoms with Gasteiger partial charge >= 0.3 is 5.97 Å². The van der Waals surface area contributed by atoms with Crippen LogP contribution in [0.25, 0.3) is 16.7 Å². The number of benzene rings is 1. The minimum absolute atomic E-state index is 0.366. The van der Waals surface area contributed by atoms with Gasteiger partial charge in [0, 0.05) is 17.1 Å². The van der Waals surface area contributed by atoms with Crippen molar-refractivity contribution in [1.29, 1.82) is 0 Å². The van der Waals surface area contributed by atoms with Gasteiger partial charge < -0.3 is 5.11 Å². The Morgan fingerprint density at radius 2 is 2.15 bits per heavy atom. The number of hydrogen-bond donors (Lipinski definition) is 1. The van der Waals surface area contributed by atoms with Crippen LogP contribution in [0.5, 0.6) is 0 Å². The first kappa shape index (κ1) is 12.3. The number of carboxylic acid groups (broad SMARTS) is 1. The molecule has 0 unspecified atom stereocenters. The first-order valence-corrected chi connectivity index (χ1v) is 5.91. The molecule has 0 saturated heterocycles. The Kier molecular flexibility index (Phi) is 2.71. The van der Waals surface area contributed by atoms with Gasteiger partial charge in [-0.15, -0.1) is 0 Å². The molecule has 0 aliphatic carbocycles. The van der Waals surface area contributed by atoms with Crippen LogP contribution in [0.15, 0.2) is 36.5 Å². The molecule has 0 fully saturated rings. The van der Waals surface area contributed by atoms with Gasteiger partial charge in [0.2, 0.25) is 0 Å². The summed E-state index contributed by atoms with van der Waals surface area (Å²) < 4.78 is 15.3. The third-order valence-corrected chi connectivity index (χ3v) is 2.98. The number of carbonyl (C=O) groups is 1. The van der Waals surface area contributed by atoms with Gasteiger partial charge in [-0.2, -0.15) is 5.10 Å². The lowest BCUT2D eigenvalue weighted by Crippen LogP contribution is -2.03. The van der Waals surface area contributed by atoms with Crippen molar-refractivity contribution in [3.63, 3.8) is 0 Å². The fourth-order valence-corrected chi connectivity index (χ4v) is 2.04. The number of fused-ring (bicyclic) bond motifs is 1. The van der Waals surface area contributed by atoms with E-state index in [2.05, 4.69) is 10.1 Å². The minimum atomic E-state index is -1.30. The summed E-state index contributed by atoms with van der Waals surface area (Å²) in [7, 11) is 0. The first-order valence-electron chi connectivity index (χ1n) is 5.91. The molecule has 3 aromatic rings. The molecule has 0 bridgehead atoms. The summed E-state index contributed by atoms with van der Waals surface area (Å²) in [5.41, 5.74) is 0.925. The summed E-state index contributed by atoms with van der Waals surface area (Å²) in [6, 6.07) is 7.86. The molecular formula is C14H10FN3O2. The highest BCUT2D eigenvalue weighted by atomic mass is 19.1. The van der Waals surface area contributed by atoms with Crippen LogP contribution in [0.4, 0.5) is 4.39 Å². The molecule has 2 aromatic heterocycles. The van der Waals surface area contributed by atoms with Crippen molar-refractivity contribution in [2.75, 3.05) is 0 Å². The summed E-state index contributed by atoms with van der Waals surface area (Å²) in [6.45, 7) is 1.85. The second kappa shape index (κ2) is 4.41. The molecule has 0 aliphatic rings. The number of aromatic carboxylic acids is 1. The topological polar surface area (TPSA) is 68.0 Å². The van der Waals surface area contributed by atoms with Crippen LogP contribution < -0.4 is 0 Å². The van der Waals surface area contributed by atoms with E-state index in [-0.39, 0.29) is 5.56 Å². The Morgan fingerprint density at radius 3 is 2.85 bits per heavy atom. The molecule has 2 heterocycles. The van der Waals surface area contributed by atoms with Crippen molar-refractivity contribution >= 4 is 16.9 Å². The maximum atomic E-state index is 13.8. The van der Waals surface area contributed by atoms with Crippen LogP contribution in [0, 0.1) is 12.7 Å². The fraction of sp³-hybridized carbons (Fsp3) is 0.0714. The number of rotatable bonds is 2. The summed E-state index contributed by atoms with van der Waals surface area (Å²) in [6.07, 6.45) is 1.49. The van der Waals surface area contributed by atoms with E-state index < -0.39 is 11.8 Å². The van der Waals surface area contributed by atoms with Crippen LogP contribution in [0.3, 0.4) is 0 Å². The van der Waals surface area contributed by atoms with E-state index in [9.17, 15) is 9.18 Å². The number of halogens is 1. The van der Waals surface area contributed by atoms with E-state index in [4.69, 9.17) is 5.11 Å². The predicted molar refractivity (Wildman–Crippen MR) is 70.5 cm³/mol. The van der Waals surface area contributed by atoms with Gasteiger partial charge in [-0.1, -0.05) is 6.07 Å². The Labute approximate surface area is 113 Å². The van der Waals surface area contributed by atoms with Crippen LogP contribution >= 0.6 is 0 Å². The molecule has 3 rings (SSSR count). The molecule has 0 atom stereocenters. The fourth-order valence-electron chi connectivity index (χ4n) is 2.04. The Balaban J connectivity index is 2.24. The van der Waals surface area contributed by atoms with Gasteiger partial charge in [-0.25, -0.2) is 18.9 Å². The zero-order valence-corrected chi connectivity index (χ0v) is 10.5. The van der Waals surface area contributed by atoms with Gasteiger partial charge in [0.15, 0.2) is 5.82 Å². The molecular weight excluding hydrogens is 261 g/mol. The van der Waals surface area contributed by atoms with Crippen molar-refractivity contribution < 1.29 is 14.3 Å². The first-order chi connectivity index (χ1) is 9.56. The molecule has 0 radical (unpaired) electrons. The average Bonchev–Trinajstić information content (AvgIpc) is 2.80. The van der Waals surface area contributed by atoms with E-state index in [1.165, 1.54) is 16.9 Å². The second-order valence-electron chi connectivity index (χ2n) is 4.39. The van der Waals surface area contributed by atoms with Crippen molar-refractivity contribution in [2.45, 2.75) is 6.92 Å². The summed E-state index contributed by atoms with van der Waals surface area (Å²) in [5.74, 6) is -1.53. The third kappa shape index (κ3) is 1.91. The highest BCUT2D eigenvalue weighted by Gasteiger charge is 2.15. The molecule has 20 heavy (non-hydrogen) atoms. The lowest BCUT2D eigenvalue weighted by molar-refractivity contribution is 0.0692. The lowest BCUT2D eigenvalue weighted by Gasteiger charge is -2.04. The monoisotopic (exact) mass is 271 g/mol. The van der Waals surface area contributed by atoms with Crippen molar-refractivity contribution in [3.8, 4) is 5.82 Å². The Bertz CT molecular complexity index is 826. The van der Waals surface area contributed by atoms with Crippen molar-refractivity contribution in [3.05, 3.63) is 53.6 Å². The summed E-state index contributed by atoms with van der Waals surface area (Å²) in [4.78, 5) is 15.2. The number of hydrogen-bond acceptors (Lipinski definition) is 3. The SMILES string of the molecule is Cc1cccc(-n2ncc3cc(C(=O)O)c(F)cc32)n1. The molecule has 0 saturated carbocycles. The van der Waals surface area contributed by atoms with Crippen LogP contribution in [0.2, 0.25) is 0 Å². The minimum Gasteiger partial charge on any atom is -0.478 e. The molecule has 5 nitrogen and oxygen atoms in total. The van der Waals surface area contributed by atoms with Gasteiger partial charge in [-0.3, -0.25) is 0 Å². The third-order valence-electron chi connectivity index (χ3n) is 2.98. The molecule has 6 heteroatoms. The zero-order valence-electron chi connectivity index (χ0n) is 10.5. The maximum Gasteiger partial charge on any atom is 0.338 e. The average molecular weight is 271 g/mol. The lowest BCUT2D eigenvalue weighted by atomic mass is 10.1. The zero-order chi connectivity index (χ0) is 14.3. The van der Waals surface area contributed by atoms with Crippen molar-refractivity contribution in [1.82, 2.24) is 14.8 Å². The van der Waals surface area contributed by atoms with Crippen LogP contribution in [-0.2, 0) is 0 Å². The summed E-state index contributed by atoms with van der Waals surface area (Å²) in [5, 5.41) is 13.6. The predicted octanol–water partition coefficient (Wildman–Crippen LogP) is 2.57. The molecule has 1 aromatic carbocycles. The largest absolute Gasteiger partial charge is 0.478 e. The van der Waals surface area contributed by atoms with E-state index in [0.717, 1.165) is 11.8 Å². The quantitative estimate of drug-likeness (QED) is 0.777. The Morgan fingerprint density at radius 1 is 1.35 bits per heavy atom. The van der Waals surface area contributed by atoms with Gasteiger partial charge in [0.25, 0.3) is 0 Å². The van der Waals surface area contributed by atoms with Crippen LogP contribution in [0.1, 0.15) is 16.1 Å². The second-order valence-corrected chi connectivity index (χ2v) is 4.39. The van der Waals surface area contributed by atoms with E-state index >= 15 is 0 Å². The number of nitrogens with zero attached hydrogens (tertiary/aromatic N) is 3. The van der Waals surface area contributed by atoms with Gasteiger partial charge in [0.1, 0.15) is 5.82 Å². The maximum absolute atomic E-state index is 13.8. The Hall–Kier alpha value is -2.76. The van der Waals surface area contributed by atoms with Crippen LogP contribution in [-0.4, -0.2) is 25.8 Å². The highest BCUT2D eigenvalue weighted by molar-refractivity contribution is 5.93. The number of aromatic nitrogens is 3. The van der Waals surface area contributed by atoms with E-state index in [1.807, 2.05) is 19.1 Å². The van der Waals surface area contributed by atoms with E-state index in [0.29, 0.717) is 16.7 Å². The molecule has 0 amide bonds. The number of aryl methyl sites for hydroxylation is 1. The molecule has 100 valence electrons. The van der Waals surface area contributed by atoms with Gasteiger partial charge in [0.05, 0.1) is 17.3 Å². The van der Waals surface area contributed by atoms with E-state index in [1.54, 1.807) is 6.07 Å². The standard InChI is InChI=1S/C14H10FN3O2/c1-8-3-2-4-13(17-8)18-12-6-11(15)10(14(19)20)5-9(12)7-16-18/h2-7H,1H3,(H,19,20). The number of pyridine rings is 1. The molecule has 0 aliphatic heterocycles. The molecule has 1 N–H and O–H groups in total. The summed E-state index contributed by atoms with van der Waals surface area (Å²) >= 11 is 0.